The van der Waals surface area contributed by atoms with Crippen molar-refractivity contribution in [2.24, 2.45) is 0 Å². The van der Waals surface area contributed by atoms with Crippen molar-refractivity contribution in [3.8, 4) is 0 Å². The van der Waals surface area contributed by atoms with E-state index in [1.54, 1.807) is 0 Å². The van der Waals surface area contributed by atoms with Gasteiger partial charge in [-0.3, -0.25) is 0 Å². The second kappa shape index (κ2) is 7.79. The van der Waals surface area contributed by atoms with Gasteiger partial charge in [0.2, 0.25) is 0 Å². The van der Waals surface area contributed by atoms with E-state index < -0.39 is 0 Å². The first-order chi connectivity index (χ1) is 10.1. The summed E-state index contributed by atoms with van der Waals surface area (Å²) >= 11 is 0. The Balaban J connectivity index is 2.04. The quantitative estimate of drug-likeness (QED) is 0.829. The monoisotopic (exact) mass is 289 g/mol. The highest BCUT2D eigenvalue weighted by Crippen LogP contribution is 2.26. The first-order valence-corrected chi connectivity index (χ1v) is 8.49. The van der Waals surface area contributed by atoms with Crippen molar-refractivity contribution in [2.75, 3.05) is 11.9 Å². The van der Waals surface area contributed by atoms with E-state index >= 15 is 0 Å². The molecule has 1 aliphatic carbocycles. The minimum Gasteiger partial charge on any atom is -0.356 e. The summed E-state index contributed by atoms with van der Waals surface area (Å²) in [5.74, 6) is 1.16. The molecule has 0 amide bonds. The number of aryl methyl sites for hydroxylation is 1. The number of rotatable bonds is 5. The molecule has 1 saturated carbocycles. The van der Waals surface area contributed by atoms with E-state index in [1.807, 2.05) is 6.20 Å². The Bertz CT molecular complexity index is 434. The number of nitrogens with zero attached hydrogens (tertiary/aromatic N) is 2. The van der Waals surface area contributed by atoms with Crippen molar-refractivity contribution in [2.45, 2.75) is 77.9 Å². The van der Waals surface area contributed by atoms with E-state index in [0.717, 1.165) is 12.4 Å². The Hall–Kier alpha value is -1.09. The minimum absolute atomic E-state index is 0.513. The third kappa shape index (κ3) is 4.70. The minimum atomic E-state index is 0.513. The predicted molar refractivity (Wildman–Crippen MR) is 90.8 cm³/mol. The zero-order chi connectivity index (χ0) is 15.2. The lowest BCUT2D eigenvalue weighted by atomic mass is 10.1. The highest BCUT2D eigenvalue weighted by Gasteiger charge is 2.19. The Labute approximate surface area is 130 Å². The molecule has 1 aromatic heterocycles. The van der Waals surface area contributed by atoms with Crippen LogP contribution in [0.5, 0.6) is 0 Å². The third-order valence-corrected chi connectivity index (χ3v) is 4.53. The zero-order valence-corrected chi connectivity index (χ0v) is 14.2. The summed E-state index contributed by atoms with van der Waals surface area (Å²) < 4.78 is 0. The van der Waals surface area contributed by atoms with Crippen LogP contribution >= 0.6 is 0 Å². The molecule has 3 heteroatoms. The average molecular weight is 289 g/mol. The van der Waals surface area contributed by atoms with Gasteiger partial charge in [-0.2, -0.15) is 0 Å². The first kappa shape index (κ1) is 16.3. The molecule has 0 spiro atoms. The molecule has 0 saturated heterocycles. The number of nitrogens with one attached hydrogen (secondary N) is 1. The molecule has 1 N–H and O–H groups in total. The largest absolute Gasteiger partial charge is 0.356 e. The number of pyridine rings is 1. The molecule has 0 unspecified atom stereocenters. The zero-order valence-electron chi connectivity index (χ0n) is 14.2. The van der Waals surface area contributed by atoms with Crippen molar-refractivity contribution >= 4 is 5.82 Å². The van der Waals surface area contributed by atoms with Crippen LogP contribution in [0.25, 0.3) is 0 Å². The topological polar surface area (TPSA) is 28.2 Å². The fraction of sp³-hybridized carbons (Fsp3) is 0.722. The van der Waals surface area contributed by atoms with Crippen LogP contribution in [0.1, 0.15) is 63.5 Å². The lowest BCUT2D eigenvalue weighted by Crippen LogP contribution is -2.32. The molecule has 1 aromatic rings. The van der Waals surface area contributed by atoms with Gasteiger partial charge in [0.05, 0.1) is 0 Å². The Kier molecular flexibility index (Phi) is 6.04. The first-order valence-electron chi connectivity index (χ1n) is 8.49. The summed E-state index contributed by atoms with van der Waals surface area (Å²) in [6.45, 7) is 7.44. The van der Waals surface area contributed by atoms with Gasteiger partial charge < -0.3 is 10.2 Å². The van der Waals surface area contributed by atoms with Crippen LogP contribution in [0.15, 0.2) is 12.3 Å². The molecule has 3 nitrogen and oxygen atoms in total. The highest BCUT2D eigenvalue weighted by molar-refractivity contribution is 5.47. The van der Waals surface area contributed by atoms with Gasteiger partial charge in [-0.25, -0.2) is 4.98 Å². The lowest BCUT2D eigenvalue weighted by Gasteiger charge is -2.29. The summed E-state index contributed by atoms with van der Waals surface area (Å²) in [6.07, 6.45) is 10.2. The van der Waals surface area contributed by atoms with Gasteiger partial charge >= 0.3 is 0 Å². The van der Waals surface area contributed by atoms with E-state index in [2.05, 4.69) is 44.1 Å². The van der Waals surface area contributed by atoms with E-state index in [0.29, 0.717) is 12.1 Å². The fourth-order valence-electron chi connectivity index (χ4n) is 3.23. The number of anilines is 1. The summed E-state index contributed by atoms with van der Waals surface area (Å²) in [5.41, 5.74) is 2.57. The Morgan fingerprint density at radius 1 is 1.24 bits per heavy atom. The second-order valence-electron chi connectivity index (χ2n) is 6.78. The molecule has 0 aromatic carbocycles. The fourth-order valence-corrected chi connectivity index (χ4v) is 3.23. The summed E-state index contributed by atoms with van der Waals surface area (Å²) in [5, 5.41) is 3.46. The van der Waals surface area contributed by atoms with Gasteiger partial charge in [0.1, 0.15) is 5.82 Å². The molecule has 0 bridgehead atoms. The van der Waals surface area contributed by atoms with E-state index in [4.69, 9.17) is 4.98 Å². The summed E-state index contributed by atoms with van der Waals surface area (Å²) in [7, 11) is 2.22. The molecular weight excluding hydrogens is 258 g/mol. The summed E-state index contributed by atoms with van der Waals surface area (Å²) in [6, 6.07) is 3.46. The van der Waals surface area contributed by atoms with Crippen LogP contribution in [0.3, 0.4) is 0 Å². The smallest absolute Gasteiger partial charge is 0.131 e. The van der Waals surface area contributed by atoms with Gasteiger partial charge in [-0.05, 0) is 37.0 Å². The number of aromatic nitrogens is 1. The SMILES string of the molecule is Cc1cc(CNC(C)C)cnc1N(C)C1CCCCCC1. The molecule has 21 heavy (non-hydrogen) atoms. The van der Waals surface area contributed by atoms with Crippen molar-refractivity contribution in [1.29, 1.82) is 0 Å². The Morgan fingerprint density at radius 2 is 1.90 bits per heavy atom. The Morgan fingerprint density at radius 3 is 2.48 bits per heavy atom. The van der Waals surface area contributed by atoms with Gasteiger partial charge in [-0.1, -0.05) is 39.5 Å². The van der Waals surface area contributed by atoms with Crippen LogP contribution in [-0.4, -0.2) is 24.1 Å². The molecule has 118 valence electrons. The van der Waals surface area contributed by atoms with Crippen molar-refractivity contribution in [3.63, 3.8) is 0 Å². The van der Waals surface area contributed by atoms with Gasteiger partial charge in [0.25, 0.3) is 0 Å². The van der Waals surface area contributed by atoms with Crippen LogP contribution in [-0.2, 0) is 6.54 Å². The van der Waals surface area contributed by atoms with Crippen molar-refractivity contribution in [3.05, 3.63) is 23.4 Å². The highest BCUT2D eigenvalue weighted by atomic mass is 15.2. The van der Waals surface area contributed by atoms with Crippen LogP contribution < -0.4 is 10.2 Å². The predicted octanol–water partition coefficient (Wildman–Crippen LogP) is 4.05. The normalized spacial score (nSPS) is 17.0. The summed E-state index contributed by atoms with van der Waals surface area (Å²) in [4.78, 5) is 7.16. The van der Waals surface area contributed by atoms with Crippen molar-refractivity contribution < 1.29 is 0 Å². The number of hydrogen-bond donors (Lipinski definition) is 1. The van der Waals surface area contributed by atoms with E-state index in [1.165, 1.54) is 49.7 Å². The second-order valence-corrected chi connectivity index (χ2v) is 6.78. The molecule has 0 aliphatic heterocycles. The maximum Gasteiger partial charge on any atom is 0.131 e. The van der Waals surface area contributed by atoms with Gasteiger partial charge in [-0.15, -0.1) is 0 Å². The van der Waals surface area contributed by atoms with Crippen LogP contribution in [0.2, 0.25) is 0 Å². The van der Waals surface area contributed by atoms with Gasteiger partial charge in [0, 0.05) is 31.9 Å². The molecule has 0 atom stereocenters. The maximum absolute atomic E-state index is 4.75. The molecule has 1 aliphatic rings. The van der Waals surface area contributed by atoms with Gasteiger partial charge in [0.15, 0.2) is 0 Å². The van der Waals surface area contributed by atoms with E-state index in [9.17, 15) is 0 Å². The standard InChI is InChI=1S/C18H31N3/c1-14(2)19-12-16-11-15(3)18(20-13-16)21(4)17-9-7-5-6-8-10-17/h11,13-14,17,19H,5-10,12H2,1-4H3. The maximum atomic E-state index is 4.75. The molecule has 1 heterocycles. The molecular formula is C18H31N3. The average Bonchev–Trinajstić information content (AvgIpc) is 2.73. The third-order valence-electron chi connectivity index (χ3n) is 4.53. The lowest BCUT2D eigenvalue weighted by molar-refractivity contribution is 0.547. The van der Waals surface area contributed by atoms with Crippen LogP contribution in [0.4, 0.5) is 5.82 Å². The van der Waals surface area contributed by atoms with Crippen molar-refractivity contribution in [1.82, 2.24) is 10.3 Å². The molecule has 1 fully saturated rings. The number of hydrogen-bond acceptors (Lipinski definition) is 3. The molecule has 2 rings (SSSR count). The van der Waals surface area contributed by atoms with E-state index in [-0.39, 0.29) is 0 Å². The van der Waals surface area contributed by atoms with Crippen LogP contribution in [0, 0.1) is 6.92 Å². The molecule has 0 radical (unpaired) electrons.